The normalized spacial score (nSPS) is 17.4. The smallest absolute Gasteiger partial charge is 0.162 e. The molecule has 2 rings (SSSR count). The van der Waals surface area contributed by atoms with Crippen LogP contribution in [-0.4, -0.2) is 23.6 Å². The summed E-state index contributed by atoms with van der Waals surface area (Å²) < 4.78 is 7.01. The zero-order valence-corrected chi connectivity index (χ0v) is 15.7. The van der Waals surface area contributed by atoms with Crippen molar-refractivity contribution >= 4 is 28.4 Å². The van der Waals surface area contributed by atoms with Gasteiger partial charge in [0.05, 0.1) is 9.26 Å². The molecule has 21 heavy (non-hydrogen) atoms. The Hall–Kier alpha value is -0.430. The van der Waals surface area contributed by atoms with Crippen LogP contribution in [0, 0.1) is 3.57 Å². The zero-order valence-electron chi connectivity index (χ0n) is 13.5. The van der Waals surface area contributed by atoms with Gasteiger partial charge >= 0.3 is 0 Å². The predicted octanol–water partition coefficient (Wildman–Crippen LogP) is 4.44. The third-order valence-corrected chi connectivity index (χ3v) is 5.24. The molecule has 0 spiro atoms. The number of nitrogens with one attached hydrogen (secondary N) is 1. The molecule has 5 heteroatoms. The highest BCUT2D eigenvalue weighted by Gasteiger charge is 2.39. The topological polar surface area (TPSA) is 47.0 Å². The van der Waals surface area contributed by atoms with E-state index >= 15 is 0 Å². The van der Waals surface area contributed by atoms with E-state index in [0.29, 0.717) is 5.92 Å². The Morgan fingerprint density at radius 2 is 1.95 bits per heavy atom. The summed E-state index contributed by atoms with van der Waals surface area (Å²) in [5.74, 6) is 2.22. The molecule has 0 amide bonds. The van der Waals surface area contributed by atoms with Crippen LogP contribution >= 0.6 is 22.6 Å². The molecule has 1 aromatic rings. The fraction of sp³-hybridized carbons (Fsp3) is 0.750. The molecule has 0 bridgehead atoms. The maximum absolute atomic E-state index is 5.86. The first-order chi connectivity index (χ1) is 10.0. The SMILES string of the molecule is CCCNc1nc(C2(OC)CCCC2)nc(C(C)C)c1I. The summed E-state index contributed by atoms with van der Waals surface area (Å²) in [5, 5.41) is 3.45. The van der Waals surface area contributed by atoms with Gasteiger partial charge in [-0.15, -0.1) is 0 Å². The number of aromatic nitrogens is 2. The van der Waals surface area contributed by atoms with E-state index in [1.807, 2.05) is 0 Å². The van der Waals surface area contributed by atoms with Gasteiger partial charge in [0.1, 0.15) is 11.4 Å². The number of methoxy groups -OCH3 is 1. The Balaban J connectivity index is 2.47. The van der Waals surface area contributed by atoms with E-state index in [2.05, 4.69) is 48.7 Å². The number of rotatable bonds is 6. The second-order valence-corrected chi connectivity index (χ2v) is 7.16. The number of hydrogen-bond donors (Lipinski definition) is 1. The molecule has 1 fully saturated rings. The van der Waals surface area contributed by atoms with Crippen molar-refractivity contribution in [2.75, 3.05) is 19.0 Å². The van der Waals surface area contributed by atoms with Crippen molar-refractivity contribution in [2.45, 2.75) is 64.4 Å². The first-order valence-corrected chi connectivity index (χ1v) is 8.99. The van der Waals surface area contributed by atoms with Crippen molar-refractivity contribution in [3.05, 3.63) is 15.1 Å². The van der Waals surface area contributed by atoms with Crippen LogP contribution in [0.4, 0.5) is 5.82 Å². The maximum Gasteiger partial charge on any atom is 0.162 e. The molecule has 0 aliphatic heterocycles. The van der Waals surface area contributed by atoms with E-state index in [1.54, 1.807) is 7.11 Å². The molecular formula is C16H26IN3O. The summed E-state index contributed by atoms with van der Waals surface area (Å²) in [6.07, 6.45) is 5.52. The Morgan fingerprint density at radius 3 is 2.48 bits per heavy atom. The minimum atomic E-state index is -0.281. The van der Waals surface area contributed by atoms with Crippen molar-refractivity contribution in [3.8, 4) is 0 Å². The third-order valence-electron chi connectivity index (χ3n) is 4.18. The van der Waals surface area contributed by atoms with Gasteiger partial charge in [0.2, 0.25) is 0 Å². The second kappa shape index (κ2) is 7.22. The van der Waals surface area contributed by atoms with Crippen LogP contribution in [-0.2, 0) is 10.3 Å². The number of ether oxygens (including phenoxy) is 1. The summed E-state index contributed by atoms with van der Waals surface area (Å²) >= 11 is 2.36. The van der Waals surface area contributed by atoms with Gasteiger partial charge in [0, 0.05) is 13.7 Å². The fourth-order valence-corrected chi connectivity index (χ4v) is 3.93. The summed E-state index contributed by atoms with van der Waals surface area (Å²) in [6.45, 7) is 7.47. The number of halogens is 1. The van der Waals surface area contributed by atoms with Crippen molar-refractivity contribution < 1.29 is 4.74 Å². The number of anilines is 1. The first-order valence-electron chi connectivity index (χ1n) is 7.91. The van der Waals surface area contributed by atoms with Gasteiger partial charge in [0.15, 0.2) is 5.82 Å². The molecule has 1 aliphatic rings. The van der Waals surface area contributed by atoms with Crippen molar-refractivity contribution in [1.82, 2.24) is 9.97 Å². The second-order valence-electron chi connectivity index (χ2n) is 6.08. The van der Waals surface area contributed by atoms with Crippen molar-refractivity contribution in [2.24, 2.45) is 0 Å². The molecule has 1 heterocycles. The van der Waals surface area contributed by atoms with Gasteiger partial charge in [-0.05, 0) is 60.6 Å². The van der Waals surface area contributed by atoms with E-state index in [0.717, 1.165) is 46.7 Å². The monoisotopic (exact) mass is 403 g/mol. The molecule has 1 aliphatic carbocycles. The predicted molar refractivity (Wildman–Crippen MR) is 94.8 cm³/mol. The lowest BCUT2D eigenvalue weighted by atomic mass is 10.00. The minimum Gasteiger partial charge on any atom is -0.370 e. The van der Waals surface area contributed by atoms with E-state index < -0.39 is 0 Å². The van der Waals surface area contributed by atoms with Crippen LogP contribution in [0.1, 0.15) is 70.3 Å². The summed E-state index contributed by atoms with van der Waals surface area (Å²) in [7, 11) is 1.79. The van der Waals surface area contributed by atoms with Gasteiger partial charge in [-0.1, -0.05) is 20.8 Å². The third kappa shape index (κ3) is 3.50. The first kappa shape index (κ1) is 16.9. The highest BCUT2D eigenvalue weighted by atomic mass is 127. The number of hydrogen-bond acceptors (Lipinski definition) is 4. The van der Waals surface area contributed by atoms with Crippen LogP contribution < -0.4 is 5.32 Å². The number of nitrogens with zero attached hydrogens (tertiary/aromatic N) is 2. The molecule has 118 valence electrons. The lowest BCUT2D eigenvalue weighted by Gasteiger charge is -2.27. The van der Waals surface area contributed by atoms with Crippen LogP contribution in [0.25, 0.3) is 0 Å². The lowest BCUT2D eigenvalue weighted by molar-refractivity contribution is -0.0164. The van der Waals surface area contributed by atoms with Gasteiger partial charge in [-0.2, -0.15) is 0 Å². The van der Waals surface area contributed by atoms with E-state index in [9.17, 15) is 0 Å². The van der Waals surface area contributed by atoms with Crippen LogP contribution in [0.3, 0.4) is 0 Å². The Kier molecular flexibility index (Phi) is 5.82. The zero-order chi connectivity index (χ0) is 15.5. The fourth-order valence-electron chi connectivity index (χ4n) is 2.88. The van der Waals surface area contributed by atoms with Crippen LogP contribution in [0.2, 0.25) is 0 Å². The largest absolute Gasteiger partial charge is 0.370 e. The van der Waals surface area contributed by atoms with E-state index in [4.69, 9.17) is 14.7 Å². The highest BCUT2D eigenvalue weighted by Crippen LogP contribution is 2.41. The van der Waals surface area contributed by atoms with Crippen LogP contribution in [0.5, 0.6) is 0 Å². The standard InChI is InChI=1S/C16H26IN3O/c1-5-10-18-14-12(17)13(11(2)3)19-15(20-14)16(21-4)8-6-7-9-16/h11H,5-10H2,1-4H3,(H,18,19,20). The van der Waals surface area contributed by atoms with Crippen LogP contribution in [0.15, 0.2) is 0 Å². The molecule has 0 radical (unpaired) electrons. The molecule has 1 N–H and O–H groups in total. The van der Waals surface area contributed by atoms with E-state index in [-0.39, 0.29) is 5.60 Å². The molecule has 1 saturated carbocycles. The Bertz CT molecular complexity index is 485. The molecule has 0 atom stereocenters. The van der Waals surface area contributed by atoms with Gasteiger partial charge in [-0.3, -0.25) is 0 Å². The van der Waals surface area contributed by atoms with Gasteiger partial charge in [-0.25, -0.2) is 9.97 Å². The minimum absolute atomic E-state index is 0.281. The molecule has 0 unspecified atom stereocenters. The van der Waals surface area contributed by atoms with E-state index in [1.165, 1.54) is 12.8 Å². The quantitative estimate of drug-likeness (QED) is 0.714. The van der Waals surface area contributed by atoms with Gasteiger partial charge < -0.3 is 10.1 Å². The Morgan fingerprint density at radius 1 is 1.29 bits per heavy atom. The molecule has 0 aromatic carbocycles. The summed E-state index contributed by atoms with van der Waals surface area (Å²) in [6, 6.07) is 0. The molecule has 0 saturated heterocycles. The summed E-state index contributed by atoms with van der Waals surface area (Å²) in [4.78, 5) is 9.71. The molecule has 1 aromatic heterocycles. The molecular weight excluding hydrogens is 377 g/mol. The van der Waals surface area contributed by atoms with Gasteiger partial charge in [0.25, 0.3) is 0 Å². The molecule has 4 nitrogen and oxygen atoms in total. The Labute approximate surface area is 141 Å². The average Bonchev–Trinajstić information content (AvgIpc) is 2.96. The lowest BCUT2D eigenvalue weighted by Crippen LogP contribution is -2.29. The van der Waals surface area contributed by atoms with Crippen molar-refractivity contribution in [3.63, 3.8) is 0 Å². The highest BCUT2D eigenvalue weighted by molar-refractivity contribution is 14.1. The van der Waals surface area contributed by atoms with Crippen molar-refractivity contribution in [1.29, 1.82) is 0 Å². The average molecular weight is 403 g/mol. The maximum atomic E-state index is 5.86. The summed E-state index contributed by atoms with van der Waals surface area (Å²) in [5.41, 5.74) is 0.846.